The summed E-state index contributed by atoms with van der Waals surface area (Å²) in [4.78, 5) is 8.50. The van der Waals surface area contributed by atoms with Gasteiger partial charge in [0, 0.05) is 18.3 Å². The highest BCUT2D eigenvalue weighted by Crippen LogP contribution is 2.27. The Labute approximate surface area is 300 Å². The zero-order valence-corrected chi connectivity index (χ0v) is 31.2. The monoisotopic (exact) mass is 699 g/mol. The molecule has 3 aromatic rings. The van der Waals surface area contributed by atoms with E-state index in [-0.39, 0.29) is 23.2 Å². The molecule has 1 heterocycles. The molecule has 1 aromatic heterocycles. The molecule has 3 rings (SSSR count). The van der Waals surface area contributed by atoms with E-state index < -0.39 is 0 Å². The molecule has 2 unspecified atom stereocenters. The van der Waals surface area contributed by atoms with Gasteiger partial charge in [-0.15, -0.1) is 0 Å². The molecule has 274 valence electrons. The number of ether oxygens (including phenoxy) is 2. The van der Waals surface area contributed by atoms with Gasteiger partial charge in [0.2, 0.25) is 5.28 Å². The summed E-state index contributed by atoms with van der Waals surface area (Å²) in [6, 6.07) is 15.9. The van der Waals surface area contributed by atoms with Crippen LogP contribution in [0.15, 0.2) is 48.5 Å². The third-order valence-corrected chi connectivity index (χ3v) is 8.12. The van der Waals surface area contributed by atoms with Crippen LogP contribution < -0.4 is 36.5 Å². The summed E-state index contributed by atoms with van der Waals surface area (Å²) in [5.74, 6) is 2.38. The Morgan fingerprint density at radius 2 is 1.53 bits per heavy atom. The van der Waals surface area contributed by atoms with E-state index in [1.165, 1.54) is 18.4 Å². The normalized spacial score (nSPS) is 12.1. The number of aromatic hydroxyl groups is 1. The second-order valence-electron chi connectivity index (χ2n) is 12.1. The lowest BCUT2D eigenvalue weighted by molar-refractivity contribution is 0.210. The number of hydrogen-bond acceptors (Lipinski definition) is 10. The molecule has 0 aliphatic rings. The molecule has 2 aromatic carbocycles. The topological polar surface area (TPSA) is 139 Å². The Hall–Kier alpha value is -3.15. The van der Waals surface area contributed by atoms with Crippen LogP contribution in [0.2, 0.25) is 5.28 Å². The maximum atomic E-state index is 9.56. The van der Waals surface area contributed by atoms with Gasteiger partial charge in [-0.05, 0) is 138 Å². The Balaban J connectivity index is 0.000000341. The number of unbranched alkanes of at least 4 members (excludes halogenated alkanes) is 1. The lowest BCUT2D eigenvalue weighted by Gasteiger charge is -2.19. The first kappa shape index (κ1) is 42.0. The molecule has 10 nitrogen and oxygen atoms in total. The Bertz CT molecular complexity index is 1280. The highest BCUT2D eigenvalue weighted by molar-refractivity contribution is 6.28. The highest BCUT2D eigenvalue weighted by Gasteiger charge is 2.12. The fraction of sp³-hybridized carbons (Fsp3) is 0.579. The summed E-state index contributed by atoms with van der Waals surface area (Å²) >= 11 is 6.02. The standard InChI is InChI=1S/C20H28ClN3O.C18H34N4O2/c1-5-8-14(4)25-17-11-9-15(10-12-17)18(7-3)23-19-13-16(6-2)22-20(21)24-19;1-24-18-14-16(6-7-17(18)23)15-22-13-5-12-21-10-3-2-9-20-11-4-8-19/h9-14,18H,5-8H2,1-4H3,(H,22,23,24);6-7,14,20-23H,2-5,8-13,15,19H2,1H3. The lowest BCUT2D eigenvalue weighted by Crippen LogP contribution is -2.24. The first-order chi connectivity index (χ1) is 23.8. The first-order valence-corrected chi connectivity index (χ1v) is 18.5. The van der Waals surface area contributed by atoms with Gasteiger partial charge in [-0.25, -0.2) is 9.97 Å². The molecule has 0 aliphatic heterocycles. The van der Waals surface area contributed by atoms with Crippen LogP contribution in [-0.4, -0.2) is 67.6 Å². The minimum absolute atomic E-state index is 0.165. The summed E-state index contributed by atoms with van der Waals surface area (Å²) in [5, 5.41) is 23.6. The minimum Gasteiger partial charge on any atom is -0.504 e. The van der Waals surface area contributed by atoms with Gasteiger partial charge >= 0.3 is 0 Å². The zero-order valence-electron chi connectivity index (χ0n) is 30.5. The maximum Gasteiger partial charge on any atom is 0.224 e. The smallest absolute Gasteiger partial charge is 0.224 e. The van der Waals surface area contributed by atoms with E-state index in [2.05, 4.69) is 71.1 Å². The van der Waals surface area contributed by atoms with Crippen molar-refractivity contribution in [2.24, 2.45) is 5.73 Å². The van der Waals surface area contributed by atoms with E-state index in [0.717, 1.165) is 107 Å². The number of aryl methyl sites for hydroxylation is 1. The molecule has 0 radical (unpaired) electrons. The minimum atomic E-state index is 0.165. The van der Waals surface area contributed by atoms with Crippen molar-refractivity contribution in [3.63, 3.8) is 0 Å². The van der Waals surface area contributed by atoms with Gasteiger partial charge in [0.05, 0.1) is 19.3 Å². The van der Waals surface area contributed by atoms with Crippen molar-refractivity contribution in [2.75, 3.05) is 51.7 Å². The summed E-state index contributed by atoms with van der Waals surface area (Å²) in [6.07, 6.45) is 8.77. The van der Waals surface area contributed by atoms with Crippen LogP contribution in [0.1, 0.15) is 95.5 Å². The number of nitrogens with zero attached hydrogens (tertiary/aromatic N) is 2. The average molecular weight is 700 g/mol. The number of phenols is 1. The quantitative estimate of drug-likeness (QED) is 0.0428. The molecule has 0 spiro atoms. The van der Waals surface area contributed by atoms with Crippen molar-refractivity contribution >= 4 is 17.4 Å². The number of nitrogens with one attached hydrogen (secondary N) is 4. The van der Waals surface area contributed by atoms with Crippen LogP contribution in [-0.2, 0) is 13.0 Å². The lowest BCUT2D eigenvalue weighted by atomic mass is 10.0. The predicted molar refractivity (Wildman–Crippen MR) is 204 cm³/mol. The van der Waals surface area contributed by atoms with Crippen molar-refractivity contribution in [3.05, 3.63) is 70.6 Å². The van der Waals surface area contributed by atoms with E-state index in [9.17, 15) is 5.11 Å². The van der Waals surface area contributed by atoms with Crippen molar-refractivity contribution < 1.29 is 14.6 Å². The Morgan fingerprint density at radius 1 is 0.857 bits per heavy atom. The van der Waals surface area contributed by atoms with E-state index >= 15 is 0 Å². The van der Waals surface area contributed by atoms with Gasteiger partial charge in [-0.3, -0.25) is 0 Å². The Kier molecular flexibility index (Phi) is 22.1. The molecular weight excluding hydrogens is 638 g/mol. The molecule has 0 amide bonds. The summed E-state index contributed by atoms with van der Waals surface area (Å²) in [6.45, 7) is 15.2. The molecule has 11 heteroatoms. The number of methoxy groups -OCH3 is 1. The van der Waals surface area contributed by atoms with Gasteiger partial charge in [0.1, 0.15) is 11.6 Å². The van der Waals surface area contributed by atoms with Gasteiger partial charge < -0.3 is 41.6 Å². The van der Waals surface area contributed by atoms with Gasteiger partial charge in [-0.1, -0.05) is 45.4 Å². The number of anilines is 1. The second-order valence-corrected chi connectivity index (χ2v) is 12.5. The van der Waals surface area contributed by atoms with E-state index in [1.807, 2.05) is 30.3 Å². The molecule has 0 saturated carbocycles. The van der Waals surface area contributed by atoms with Crippen LogP contribution >= 0.6 is 11.6 Å². The maximum absolute atomic E-state index is 9.56. The zero-order chi connectivity index (χ0) is 35.7. The number of nitrogens with two attached hydrogens (primary N) is 1. The largest absolute Gasteiger partial charge is 0.504 e. The van der Waals surface area contributed by atoms with Crippen molar-refractivity contribution in [1.82, 2.24) is 25.9 Å². The average Bonchev–Trinajstić information content (AvgIpc) is 3.10. The van der Waals surface area contributed by atoms with E-state index in [0.29, 0.717) is 5.75 Å². The molecule has 49 heavy (non-hydrogen) atoms. The fourth-order valence-electron chi connectivity index (χ4n) is 5.18. The molecule has 0 fully saturated rings. The third-order valence-electron chi connectivity index (χ3n) is 7.95. The van der Waals surface area contributed by atoms with Gasteiger partial charge in [-0.2, -0.15) is 0 Å². The molecule has 0 bridgehead atoms. The molecule has 7 N–H and O–H groups in total. The van der Waals surface area contributed by atoms with Crippen LogP contribution in [0.3, 0.4) is 0 Å². The van der Waals surface area contributed by atoms with Crippen molar-refractivity contribution in [2.45, 2.75) is 97.8 Å². The number of phenolic OH excluding ortho intramolecular Hbond substituents is 1. The Morgan fingerprint density at radius 3 is 2.16 bits per heavy atom. The summed E-state index contributed by atoms with van der Waals surface area (Å²) in [7, 11) is 1.56. The van der Waals surface area contributed by atoms with Gasteiger partial charge in [0.25, 0.3) is 0 Å². The van der Waals surface area contributed by atoms with E-state index in [4.69, 9.17) is 26.8 Å². The van der Waals surface area contributed by atoms with Crippen molar-refractivity contribution in [1.29, 1.82) is 0 Å². The van der Waals surface area contributed by atoms with Crippen LogP contribution in [0, 0.1) is 0 Å². The predicted octanol–water partition coefficient (Wildman–Crippen LogP) is 7.01. The first-order valence-electron chi connectivity index (χ1n) is 18.1. The third kappa shape index (κ3) is 17.9. The molecular formula is C38H62ClN7O3. The summed E-state index contributed by atoms with van der Waals surface area (Å²) < 4.78 is 11.0. The van der Waals surface area contributed by atoms with Gasteiger partial charge in [0.15, 0.2) is 11.5 Å². The number of rotatable bonds is 24. The van der Waals surface area contributed by atoms with Crippen LogP contribution in [0.5, 0.6) is 17.2 Å². The molecule has 0 aliphatic carbocycles. The number of aromatic nitrogens is 2. The van der Waals surface area contributed by atoms with E-state index in [1.54, 1.807) is 13.2 Å². The van der Waals surface area contributed by atoms with Crippen LogP contribution in [0.4, 0.5) is 5.82 Å². The van der Waals surface area contributed by atoms with Crippen molar-refractivity contribution in [3.8, 4) is 17.2 Å². The summed E-state index contributed by atoms with van der Waals surface area (Å²) in [5.41, 5.74) is 8.69. The molecule has 0 saturated heterocycles. The second kappa shape index (κ2) is 25.8. The highest BCUT2D eigenvalue weighted by atomic mass is 35.5. The molecule has 2 atom stereocenters. The number of hydrogen-bond donors (Lipinski definition) is 6. The fourth-order valence-corrected chi connectivity index (χ4v) is 5.38. The number of benzene rings is 2. The number of halogens is 1. The SMILES string of the molecule is CCCC(C)Oc1ccc(C(CC)Nc2cc(CC)nc(Cl)n2)cc1.COc1cc(CNCCCNCCCCNCCCN)ccc1O. The van der Waals surface area contributed by atoms with Crippen LogP contribution in [0.25, 0.3) is 0 Å².